The van der Waals surface area contributed by atoms with Gasteiger partial charge in [0, 0.05) is 18.9 Å². The number of carbonyl (C=O) groups is 4. The second-order valence-electron chi connectivity index (χ2n) is 27.3. The molecule has 7 N–H and O–H groups in total. The van der Waals surface area contributed by atoms with Crippen LogP contribution in [0.15, 0.2) is 36.4 Å². The lowest BCUT2D eigenvalue weighted by Gasteiger charge is -2.51. The van der Waals surface area contributed by atoms with Crippen molar-refractivity contribution in [3.63, 3.8) is 0 Å². The predicted molar refractivity (Wildman–Crippen MR) is 345 cm³/mol. The molecule has 2 bridgehead atoms. The summed E-state index contributed by atoms with van der Waals surface area (Å²) in [6.45, 7) is 15.1. The summed E-state index contributed by atoms with van der Waals surface area (Å²) < 4.78 is 89.6. The monoisotopic (exact) mass is 1370 g/mol. The van der Waals surface area contributed by atoms with Gasteiger partial charge in [-0.3, -0.25) is 14.4 Å². The summed E-state index contributed by atoms with van der Waals surface area (Å²) in [5, 5.41) is 81.8. The quantitative estimate of drug-likeness (QED) is 0.0208. The summed E-state index contributed by atoms with van der Waals surface area (Å²) in [6, 6.07) is 8.89. The summed E-state index contributed by atoms with van der Waals surface area (Å²) in [4.78, 5) is 55.7. The van der Waals surface area contributed by atoms with Gasteiger partial charge in [-0.2, -0.15) is 0 Å². The van der Waals surface area contributed by atoms with Gasteiger partial charge in [-0.1, -0.05) is 167 Å². The third-order valence-corrected chi connectivity index (χ3v) is 19.1. The zero-order chi connectivity index (χ0) is 69.6. The molecule has 0 aliphatic carbocycles. The summed E-state index contributed by atoms with van der Waals surface area (Å²) in [5.74, 6) is -3.71. The molecule has 7 rings (SSSR count). The molecule has 548 valence electrons. The molecular weight excluding hydrogens is 1250 g/mol. The molecule has 1 aromatic rings. The first-order chi connectivity index (χ1) is 46.0. The minimum absolute atomic E-state index is 0.0436. The van der Waals surface area contributed by atoms with Crippen molar-refractivity contribution in [3.8, 4) is 0 Å². The Morgan fingerprint density at radius 3 is 1.73 bits per heavy atom. The zero-order valence-corrected chi connectivity index (χ0v) is 57.9. The van der Waals surface area contributed by atoms with E-state index in [9.17, 15) is 54.9 Å². The van der Waals surface area contributed by atoms with E-state index in [1.807, 2.05) is 6.07 Å². The molecule has 25 nitrogen and oxygen atoms in total. The van der Waals surface area contributed by atoms with Crippen molar-refractivity contribution in [2.45, 2.75) is 370 Å². The molecule has 26 atom stereocenters. The number of esters is 4. The largest absolute Gasteiger partial charge is 0.456 e. The molecular formula is C71H114O25. The highest BCUT2D eigenvalue weighted by atomic mass is 16.8. The lowest BCUT2D eigenvalue weighted by atomic mass is 9.95. The van der Waals surface area contributed by atoms with Crippen LogP contribution in [0.3, 0.4) is 0 Å². The van der Waals surface area contributed by atoms with Gasteiger partial charge < -0.3 is 102 Å². The van der Waals surface area contributed by atoms with E-state index in [-0.39, 0.29) is 18.9 Å². The number of benzene rings is 1. The Hall–Kier alpha value is -3.84. The third-order valence-electron chi connectivity index (χ3n) is 19.1. The van der Waals surface area contributed by atoms with Gasteiger partial charge in [0.15, 0.2) is 55.9 Å². The number of aliphatic hydroxyl groups is 7. The van der Waals surface area contributed by atoms with E-state index in [1.165, 1.54) is 26.8 Å². The van der Waals surface area contributed by atoms with Crippen LogP contribution in [0.5, 0.6) is 0 Å². The maximum atomic E-state index is 14.6. The number of hydrogen-bond acceptors (Lipinski definition) is 25. The summed E-state index contributed by atoms with van der Waals surface area (Å²) in [7, 11) is 0. The molecule has 6 aliphatic rings. The predicted octanol–water partition coefficient (Wildman–Crippen LogP) is 7.21. The lowest BCUT2D eigenvalue weighted by molar-refractivity contribution is -0.399. The minimum atomic E-state index is -1.95. The highest BCUT2D eigenvalue weighted by Crippen LogP contribution is 2.40. The van der Waals surface area contributed by atoms with Crippen molar-refractivity contribution in [1.82, 2.24) is 0 Å². The lowest BCUT2D eigenvalue weighted by Crippen LogP contribution is -2.68. The molecule has 0 radical (unpaired) electrons. The molecule has 6 saturated heterocycles. The topological polar surface area (TPSA) is 339 Å². The second-order valence-corrected chi connectivity index (χ2v) is 27.3. The van der Waals surface area contributed by atoms with Crippen LogP contribution in [-0.4, -0.2) is 219 Å². The summed E-state index contributed by atoms with van der Waals surface area (Å²) in [5.41, 5.74) is 0.664. The minimum Gasteiger partial charge on any atom is -0.456 e. The Morgan fingerprint density at radius 1 is 0.490 bits per heavy atom. The smallest absolute Gasteiger partial charge is 0.331 e. The van der Waals surface area contributed by atoms with E-state index in [1.54, 1.807) is 52.0 Å². The Labute approximate surface area is 566 Å². The Bertz CT molecular complexity index is 2470. The highest BCUT2D eigenvalue weighted by Gasteiger charge is 2.59. The van der Waals surface area contributed by atoms with Crippen molar-refractivity contribution in [2.75, 3.05) is 0 Å². The van der Waals surface area contributed by atoms with Gasteiger partial charge in [0.1, 0.15) is 67.1 Å². The number of aliphatic hydroxyl groups excluding tert-OH is 7. The van der Waals surface area contributed by atoms with Crippen LogP contribution in [0.1, 0.15) is 216 Å². The molecule has 0 amide bonds. The fourth-order valence-corrected chi connectivity index (χ4v) is 13.2. The first-order valence-corrected chi connectivity index (χ1v) is 35.9. The molecule has 6 fully saturated rings. The Kier molecular flexibility index (Phi) is 33.1. The van der Waals surface area contributed by atoms with Gasteiger partial charge in [0.05, 0.1) is 42.5 Å². The van der Waals surface area contributed by atoms with Crippen LogP contribution in [0.2, 0.25) is 0 Å². The van der Waals surface area contributed by atoms with Gasteiger partial charge in [0.2, 0.25) is 0 Å². The number of hydrogen-bond donors (Lipinski definition) is 7. The summed E-state index contributed by atoms with van der Waals surface area (Å²) >= 11 is 0. The van der Waals surface area contributed by atoms with Gasteiger partial charge in [0.25, 0.3) is 0 Å². The Balaban J connectivity index is 1.25. The maximum absolute atomic E-state index is 14.6. The normalized spacial score (nSPS) is 38.5. The van der Waals surface area contributed by atoms with E-state index in [4.69, 9.17) is 66.3 Å². The van der Waals surface area contributed by atoms with Crippen molar-refractivity contribution in [1.29, 1.82) is 0 Å². The van der Waals surface area contributed by atoms with Gasteiger partial charge in [-0.25, -0.2) is 4.79 Å². The third kappa shape index (κ3) is 22.8. The van der Waals surface area contributed by atoms with E-state index in [0.29, 0.717) is 37.7 Å². The SMILES string of the molecule is CCCCCCCCCCCC(=O)O[C@H]1[C@H](O[C@@H]2[C@H]3OC(=O)CCCCCCCCC[C@H](CCCCC)O[C@@H]4O[C@H](C)[C@H](O)[C@H](O)[C@H]4O[C@H](O[C@H]2C)[C@H]3O)O[C@@H](C)[C@H](O[C@@H]2O[C@@H](C)[C@H](OC(=O)C(C)C)[C@@H](OC(=O)/C=C/c3ccccc3)[C@H]2O)[C@H]1O[C@H]1O[C@@H](C)[C@H](O)[C@@H](O)[C@H]1O. The molecule has 0 aromatic heterocycles. The average molecular weight is 1370 g/mol. The van der Waals surface area contributed by atoms with E-state index < -0.39 is 183 Å². The van der Waals surface area contributed by atoms with Crippen LogP contribution in [0.25, 0.3) is 6.08 Å². The number of rotatable bonds is 26. The average Bonchev–Trinajstić information content (AvgIpc) is 0.771. The molecule has 96 heavy (non-hydrogen) atoms. The number of fused-ring (bicyclic) bond motifs is 3. The number of carbonyl (C=O) groups excluding carboxylic acids is 4. The summed E-state index contributed by atoms with van der Waals surface area (Å²) in [6.07, 6.45) is -18.2. The molecule has 25 heteroatoms. The number of ether oxygens (including phenoxy) is 14. The zero-order valence-electron chi connectivity index (χ0n) is 57.9. The maximum Gasteiger partial charge on any atom is 0.331 e. The van der Waals surface area contributed by atoms with Crippen molar-refractivity contribution >= 4 is 30.0 Å². The van der Waals surface area contributed by atoms with Crippen LogP contribution >= 0.6 is 0 Å². The second kappa shape index (κ2) is 40.0. The van der Waals surface area contributed by atoms with Crippen molar-refractivity contribution < 1.29 is 121 Å². The van der Waals surface area contributed by atoms with E-state index in [0.717, 1.165) is 109 Å². The van der Waals surface area contributed by atoms with Gasteiger partial charge in [-0.05, 0) is 71.9 Å². The van der Waals surface area contributed by atoms with Crippen LogP contribution in [-0.2, 0) is 85.5 Å². The molecule has 0 spiro atoms. The van der Waals surface area contributed by atoms with Crippen LogP contribution in [0.4, 0.5) is 0 Å². The first-order valence-electron chi connectivity index (χ1n) is 35.9. The van der Waals surface area contributed by atoms with Crippen LogP contribution < -0.4 is 0 Å². The van der Waals surface area contributed by atoms with Crippen molar-refractivity contribution in [2.24, 2.45) is 5.92 Å². The van der Waals surface area contributed by atoms with Crippen LogP contribution in [0, 0.1) is 5.92 Å². The molecule has 0 saturated carbocycles. The standard InChI is InChI=1S/C71H114O25/c1-10-12-14-15-16-17-20-23-31-37-49(73)91-65-64(96-67-55(79)53(77)51(75)41(5)83-67)60(93-68-56(80)61(58(43(7)85-68)92-66(82)40(3)4)90-50(74)39-38-46-32-27-25-28-33-46)45(9)87-71(65)94-59-44(8)86-69-57(81)62(59)89-48(72)36-30-24-21-18-19-22-29-35-47(34-26-13-11-2)88-70-63(95-69)54(78)52(76)42(6)84-70/h25,27-28,32-33,38-45,47,51-65,67-71,75-81H,10-24,26,29-31,34-37H2,1-9H3/b39-38+/t41-,42+,43-,44-,45-,47-,51-,52-,53+,54-,55+,56+,57-,58-,59-,60-,61-,62-,63+,64+,65+,67+,68-,69-,70-,71-/m0/s1. The number of unbranched alkanes of at least 4 members (excludes halogenated alkanes) is 10. The molecule has 6 aliphatic heterocycles. The molecule has 6 heterocycles. The fraction of sp³-hybridized carbons (Fsp3) is 0.831. The first kappa shape index (κ1) is 79.5. The molecule has 0 unspecified atom stereocenters. The van der Waals surface area contributed by atoms with E-state index >= 15 is 0 Å². The van der Waals surface area contributed by atoms with Crippen molar-refractivity contribution in [3.05, 3.63) is 42.0 Å². The fourth-order valence-electron chi connectivity index (χ4n) is 13.2. The van der Waals surface area contributed by atoms with Gasteiger partial charge >= 0.3 is 23.9 Å². The molecule has 1 aromatic carbocycles. The highest BCUT2D eigenvalue weighted by molar-refractivity contribution is 5.87. The van der Waals surface area contributed by atoms with E-state index in [2.05, 4.69) is 13.8 Å². The Morgan fingerprint density at radius 2 is 1.04 bits per heavy atom. The van der Waals surface area contributed by atoms with Gasteiger partial charge in [-0.15, -0.1) is 0 Å².